The summed E-state index contributed by atoms with van der Waals surface area (Å²) in [5.41, 5.74) is 0. The van der Waals surface area contributed by atoms with E-state index in [0.717, 1.165) is 25.7 Å². The Labute approximate surface area is 107 Å². The molecule has 0 N–H and O–H groups in total. The average molecular weight is 252 g/mol. The maximum Gasteiger partial charge on any atom is 0.237 e. The molecule has 0 spiro atoms. The first-order valence-corrected chi connectivity index (χ1v) is 6.74. The monoisotopic (exact) mass is 252 g/mol. The van der Waals surface area contributed by atoms with E-state index in [4.69, 9.17) is 9.26 Å². The summed E-state index contributed by atoms with van der Waals surface area (Å²) >= 11 is 0. The second-order valence-electron chi connectivity index (χ2n) is 4.63. The molecule has 1 aliphatic rings. The van der Waals surface area contributed by atoms with Crippen LogP contribution in [-0.4, -0.2) is 22.5 Å². The lowest BCUT2D eigenvalue weighted by molar-refractivity contribution is -0.119. The molecular formula is C13H20N2O3. The molecule has 5 heteroatoms. The van der Waals surface area contributed by atoms with Gasteiger partial charge in [0.25, 0.3) is 0 Å². The Morgan fingerprint density at radius 2 is 2.33 bits per heavy atom. The smallest absolute Gasteiger partial charge is 0.237 e. The van der Waals surface area contributed by atoms with Crippen molar-refractivity contribution < 1.29 is 14.1 Å². The highest BCUT2D eigenvalue weighted by molar-refractivity contribution is 5.86. The number of ketones is 1. The first-order valence-electron chi connectivity index (χ1n) is 6.74. The summed E-state index contributed by atoms with van der Waals surface area (Å²) in [6, 6.07) is 0. The fourth-order valence-corrected chi connectivity index (χ4v) is 2.35. The number of rotatable bonds is 6. The molecule has 0 aromatic carbocycles. The summed E-state index contributed by atoms with van der Waals surface area (Å²) in [7, 11) is 0. The maximum absolute atomic E-state index is 11.6. The van der Waals surface area contributed by atoms with Crippen LogP contribution in [0.2, 0.25) is 0 Å². The van der Waals surface area contributed by atoms with Gasteiger partial charge in [0.05, 0.1) is 5.92 Å². The predicted octanol–water partition coefficient (Wildman–Crippen LogP) is 2.78. The van der Waals surface area contributed by atoms with Crippen molar-refractivity contribution in [1.82, 2.24) is 10.1 Å². The molecule has 1 aliphatic carbocycles. The largest absolute Gasteiger partial charge is 0.370 e. The van der Waals surface area contributed by atoms with Crippen LogP contribution in [0.3, 0.4) is 0 Å². The Hall–Kier alpha value is -1.23. The van der Waals surface area contributed by atoms with Crippen molar-refractivity contribution in [3.05, 3.63) is 11.7 Å². The van der Waals surface area contributed by atoms with Gasteiger partial charge in [0, 0.05) is 13.0 Å². The minimum atomic E-state index is -0.185. The van der Waals surface area contributed by atoms with Crippen molar-refractivity contribution in [3.63, 3.8) is 0 Å². The number of Topliss-reactive ketones (excluding diaryl/α,β-unsaturated/α-hetero) is 1. The number of nitrogens with zero attached hydrogens (tertiary/aromatic N) is 2. The first-order chi connectivity index (χ1) is 8.76. The molecular weight excluding hydrogens is 232 g/mol. The molecule has 2 unspecified atom stereocenters. The molecule has 1 saturated carbocycles. The summed E-state index contributed by atoms with van der Waals surface area (Å²) in [6.07, 6.45) is 4.13. The Balaban J connectivity index is 2.10. The Kier molecular flexibility index (Phi) is 4.47. The number of carbonyl (C=O) groups is 1. The molecule has 18 heavy (non-hydrogen) atoms. The third-order valence-corrected chi connectivity index (χ3v) is 3.27. The Morgan fingerprint density at radius 1 is 1.50 bits per heavy atom. The number of aromatic nitrogens is 2. The van der Waals surface area contributed by atoms with Crippen molar-refractivity contribution in [1.29, 1.82) is 0 Å². The van der Waals surface area contributed by atoms with Crippen LogP contribution in [0.1, 0.15) is 69.7 Å². The summed E-state index contributed by atoms with van der Waals surface area (Å²) in [6.45, 7) is 4.66. The van der Waals surface area contributed by atoms with Crippen LogP contribution in [0, 0.1) is 0 Å². The number of ether oxygens (including phenoxy) is 1. The third kappa shape index (κ3) is 2.77. The maximum atomic E-state index is 11.6. The molecule has 0 bridgehead atoms. The van der Waals surface area contributed by atoms with Gasteiger partial charge in [-0.1, -0.05) is 18.5 Å². The van der Waals surface area contributed by atoms with Crippen LogP contribution < -0.4 is 0 Å². The number of carbonyl (C=O) groups excluding carboxylic acids is 1. The fourth-order valence-electron chi connectivity index (χ4n) is 2.35. The molecule has 5 nitrogen and oxygen atoms in total. The number of hydrogen-bond donors (Lipinski definition) is 0. The Morgan fingerprint density at radius 3 is 2.94 bits per heavy atom. The zero-order valence-corrected chi connectivity index (χ0v) is 11.0. The minimum Gasteiger partial charge on any atom is -0.370 e. The summed E-state index contributed by atoms with van der Waals surface area (Å²) in [4.78, 5) is 16.0. The van der Waals surface area contributed by atoms with E-state index >= 15 is 0 Å². The van der Waals surface area contributed by atoms with Gasteiger partial charge in [-0.05, 0) is 26.2 Å². The van der Waals surface area contributed by atoms with Crippen LogP contribution in [0.25, 0.3) is 0 Å². The Bertz CT molecular complexity index is 397. The van der Waals surface area contributed by atoms with E-state index < -0.39 is 0 Å². The van der Waals surface area contributed by atoms with Crippen molar-refractivity contribution in [3.8, 4) is 0 Å². The van der Waals surface area contributed by atoms with Crippen LogP contribution in [0.5, 0.6) is 0 Å². The molecule has 0 amide bonds. The number of hydrogen-bond acceptors (Lipinski definition) is 5. The van der Waals surface area contributed by atoms with E-state index in [1.54, 1.807) is 0 Å². The molecule has 0 aliphatic heterocycles. The summed E-state index contributed by atoms with van der Waals surface area (Å²) in [5, 5.41) is 3.97. The van der Waals surface area contributed by atoms with Gasteiger partial charge in [-0.15, -0.1) is 0 Å². The molecule has 2 rings (SSSR count). The lowest BCUT2D eigenvalue weighted by Crippen LogP contribution is -2.08. The molecule has 1 aromatic heterocycles. The quantitative estimate of drug-likeness (QED) is 0.778. The molecule has 1 heterocycles. The lowest BCUT2D eigenvalue weighted by atomic mass is 10.1. The topological polar surface area (TPSA) is 65.2 Å². The SMILES string of the molecule is CCCC(OCC)c1noc(C2CCCC2=O)n1. The highest BCUT2D eigenvalue weighted by atomic mass is 16.5. The molecule has 0 saturated heterocycles. The van der Waals surface area contributed by atoms with Crippen LogP contribution in [0.15, 0.2) is 4.52 Å². The fraction of sp³-hybridized carbons (Fsp3) is 0.769. The van der Waals surface area contributed by atoms with Crippen molar-refractivity contribution in [2.75, 3.05) is 6.61 Å². The normalized spacial score (nSPS) is 21.4. The second-order valence-corrected chi connectivity index (χ2v) is 4.63. The van der Waals surface area contributed by atoms with E-state index in [1.807, 2.05) is 6.92 Å². The van der Waals surface area contributed by atoms with E-state index in [9.17, 15) is 4.79 Å². The van der Waals surface area contributed by atoms with Gasteiger partial charge in [-0.2, -0.15) is 4.98 Å². The summed E-state index contributed by atoms with van der Waals surface area (Å²) < 4.78 is 10.8. The van der Waals surface area contributed by atoms with E-state index in [0.29, 0.717) is 24.7 Å². The van der Waals surface area contributed by atoms with Crippen molar-refractivity contribution >= 4 is 5.78 Å². The molecule has 0 radical (unpaired) electrons. The molecule has 2 atom stereocenters. The van der Waals surface area contributed by atoms with E-state index in [-0.39, 0.29) is 17.8 Å². The highest BCUT2D eigenvalue weighted by Gasteiger charge is 2.31. The van der Waals surface area contributed by atoms with Crippen LogP contribution in [-0.2, 0) is 9.53 Å². The lowest BCUT2D eigenvalue weighted by Gasteiger charge is -2.11. The van der Waals surface area contributed by atoms with E-state index in [2.05, 4.69) is 17.1 Å². The van der Waals surface area contributed by atoms with Gasteiger partial charge in [0.1, 0.15) is 11.9 Å². The predicted molar refractivity (Wildman–Crippen MR) is 65.2 cm³/mol. The highest BCUT2D eigenvalue weighted by Crippen LogP contribution is 2.31. The zero-order chi connectivity index (χ0) is 13.0. The third-order valence-electron chi connectivity index (χ3n) is 3.27. The minimum absolute atomic E-state index is 0.117. The van der Waals surface area contributed by atoms with Gasteiger partial charge in [-0.3, -0.25) is 4.79 Å². The standard InChI is InChI=1S/C13H20N2O3/c1-3-6-11(17-4-2)12-14-13(18-15-12)9-7-5-8-10(9)16/h9,11H,3-8H2,1-2H3. The average Bonchev–Trinajstić information content (AvgIpc) is 2.97. The summed E-state index contributed by atoms with van der Waals surface area (Å²) in [5.74, 6) is 1.07. The van der Waals surface area contributed by atoms with Gasteiger partial charge in [0.15, 0.2) is 0 Å². The molecule has 1 fully saturated rings. The molecule has 1 aromatic rings. The van der Waals surface area contributed by atoms with Gasteiger partial charge >= 0.3 is 0 Å². The van der Waals surface area contributed by atoms with Crippen molar-refractivity contribution in [2.24, 2.45) is 0 Å². The van der Waals surface area contributed by atoms with Crippen molar-refractivity contribution in [2.45, 2.75) is 58.0 Å². The van der Waals surface area contributed by atoms with Crippen LogP contribution >= 0.6 is 0 Å². The van der Waals surface area contributed by atoms with Gasteiger partial charge in [0.2, 0.25) is 11.7 Å². The van der Waals surface area contributed by atoms with E-state index in [1.165, 1.54) is 0 Å². The second kappa shape index (κ2) is 6.09. The molecule has 100 valence electrons. The first kappa shape index (κ1) is 13.2. The van der Waals surface area contributed by atoms with Gasteiger partial charge < -0.3 is 9.26 Å². The van der Waals surface area contributed by atoms with Gasteiger partial charge in [-0.25, -0.2) is 0 Å². The van der Waals surface area contributed by atoms with Crippen LogP contribution in [0.4, 0.5) is 0 Å². The zero-order valence-electron chi connectivity index (χ0n) is 11.0.